The van der Waals surface area contributed by atoms with Crippen LogP contribution in [0.2, 0.25) is 0 Å². The van der Waals surface area contributed by atoms with Crippen molar-refractivity contribution in [1.29, 1.82) is 0 Å². The highest BCUT2D eigenvalue weighted by Crippen LogP contribution is 2.31. The lowest BCUT2D eigenvalue weighted by atomic mass is 9.89. The number of allylic oxidation sites excluding steroid dienone is 2. The Kier molecular flexibility index (Phi) is 8.00. The highest BCUT2D eigenvalue weighted by Gasteiger charge is 2.42. The Morgan fingerprint density at radius 2 is 2.15 bits per heavy atom. The van der Waals surface area contributed by atoms with Gasteiger partial charge in [0.1, 0.15) is 12.4 Å². The molecule has 1 amide bonds. The molecule has 6 nitrogen and oxygen atoms in total. The van der Waals surface area contributed by atoms with Crippen molar-refractivity contribution in [1.82, 2.24) is 19.8 Å². The molecule has 1 spiro atoms. The third-order valence-electron chi connectivity index (χ3n) is 5.35. The molecular weight excluding hydrogens is 340 g/mol. The standard InChI is InChI=1S/C19H28N4O2.C2H4/c1-3-16(4-2)5-10-22-11-6-19(7-12-22)15-23(18(24)14-25-19)13-17-20-8-9-21-17;1-2/h3-4,8-9H,1,5-7,10-15H2,2H3,(H,20,21);1-2H2/b16-4+;. The molecule has 2 aliphatic heterocycles. The quantitative estimate of drug-likeness (QED) is 0.616. The van der Waals surface area contributed by atoms with Crippen molar-refractivity contribution in [2.24, 2.45) is 0 Å². The van der Waals surface area contributed by atoms with Gasteiger partial charge in [0.25, 0.3) is 0 Å². The maximum absolute atomic E-state index is 12.2. The molecule has 2 fully saturated rings. The SMILES string of the molecule is C=C.C=C/C(=C\C)CCN1CCC2(CC1)CN(Cc1ncc[nH]1)C(=O)CO2. The van der Waals surface area contributed by atoms with E-state index in [4.69, 9.17) is 4.74 Å². The van der Waals surface area contributed by atoms with Crippen LogP contribution in [0.5, 0.6) is 0 Å². The number of aromatic amines is 1. The maximum atomic E-state index is 12.2. The number of imidazole rings is 1. The van der Waals surface area contributed by atoms with Crippen molar-refractivity contribution in [2.45, 2.75) is 38.3 Å². The Morgan fingerprint density at radius 1 is 1.41 bits per heavy atom. The van der Waals surface area contributed by atoms with Crippen molar-refractivity contribution in [3.63, 3.8) is 0 Å². The van der Waals surface area contributed by atoms with E-state index in [1.807, 2.05) is 11.0 Å². The molecule has 1 aromatic heterocycles. The Labute approximate surface area is 162 Å². The number of likely N-dealkylation sites (tertiary alicyclic amines) is 1. The summed E-state index contributed by atoms with van der Waals surface area (Å²) in [5, 5.41) is 0. The minimum absolute atomic E-state index is 0.0492. The summed E-state index contributed by atoms with van der Waals surface area (Å²) in [4.78, 5) is 23.9. The van der Waals surface area contributed by atoms with Gasteiger partial charge in [-0.3, -0.25) is 4.79 Å². The molecule has 148 valence electrons. The van der Waals surface area contributed by atoms with E-state index in [2.05, 4.69) is 47.6 Å². The molecule has 6 heteroatoms. The normalized spacial score (nSPS) is 20.3. The third kappa shape index (κ3) is 5.65. The van der Waals surface area contributed by atoms with Crippen LogP contribution >= 0.6 is 0 Å². The van der Waals surface area contributed by atoms with Gasteiger partial charge in [0.05, 0.1) is 18.7 Å². The van der Waals surface area contributed by atoms with Crippen LogP contribution in [-0.2, 0) is 16.1 Å². The molecule has 1 N–H and O–H groups in total. The minimum atomic E-state index is -0.196. The van der Waals surface area contributed by atoms with Crippen LogP contribution < -0.4 is 0 Å². The summed E-state index contributed by atoms with van der Waals surface area (Å²) < 4.78 is 6.01. The molecule has 2 saturated heterocycles. The topological polar surface area (TPSA) is 61.5 Å². The van der Waals surface area contributed by atoms with Gasteiger partial charge in [-0.15, -0.1) is 13.2 Å². The van der Waals surface area contributed by atoms with Crippen molar-refractivity contribution in [3.8, 4) is 0 Å². The number of piperidine rings is 1. The number of ether oxygens (including phenoxy) is 1. The number of hydrogen-bond donors (Lipinski definition) is 1. The van der Waals surface area contributed by atoms with Crippen LogP contribution in [0.15, 0.2) is 49.9 Å². The fraction of sp³-hybridized carbons (Fsp3) is 0.524. The Balaban J connectivity index is 0.00000126. The molecule has 27 heavy (non-hydrogen) atoms. The lowest BCUT2D eigenvalue weighted by molar-refractivity contribution is -0.172. The predicted octanol–water partition coefficient (Wildman–Crippen LogP) is 2.93. The summed E-state index contributed by atoms with van der Waals surface area (Å²) in [5.41, 5.74) is 1.10. The number of rotatable bonds is 6. The van der Waals surface area contributed by atoms with E-state index in [1.165, 1.54) is 5.57 Å². The molecular formula is C21H32N4O2. The molecule has 1 aromatic rings. The number of nitrogens with zero attached hydrogens (tertiary/aromatic N) is 3. The van der Waals surface area contributed by atoms with Crippen LogP contribution in [0.1, 0.15) is 32.0 Å². The van der Waals surface area contributed by atoms with E-state index in [0.29, 0.717) is 13.1 Å². The molecule has 0 aliphatic carbocycles. The fourth-order valence-electron chi connectivity index (χ4n) is 3.64. The number of H-pyrrole nitrogens is 1. The molecule has 0 aromatic carbocycles. The monoisotopic (exact) mass is 372 g/mol. The average molecular weight is 373 g/mol. The van der Waals surface area contributed by atoms with Gasteiger partial charge in [0, 0.05) is 32.0 Å². The van der Waals surface area contributed by atoms with Gasteiger partial charge < -0.3 is 19.5 Å². The molecule has 2 aliphatic rings. The number of nitrogens with one attached hydrogen (secondary N) is 1. The molecule has 3 heterocycles. The lowest BCUT2D eigenvalue weighted by Crippen LogP contribution is -2.58. The van der Waals surface area contributed by atoms with Crippen LogP contribution in [-0.4, -0.2) is 64.1 Å². The van der Waals surface area contributed by atoms with E-state index in [1.54, 1.807) is 12.4 Å². The van der Waals surface area contributed by atoms with E-state index in [-0.39, 0.29) is 18.1 Å². The second-order valence-electron chi connectivity index (χ2n) is 6.92. The molecule has 0 unspecified atom stereocenters. The summed E-state index contributed by atoms with van der Waals surface area (Å²) in [7, 11) is 0. The number of aromatic nitrogens is 2. The smallest absolute Gasteiger partial charge is 0.249 e. The Morgan fingerprint density at radius 3 is 2.74 bits per heavy atom. The molecule has 0 bridgehead atoms. The van der Waals surface area contributed by atoms with Gasteiger partial charge in [-0.1, -0.05) is 24.3 Å². The van der Waals surface area contributed by atoms with Crippen molar-refractivity contribution < 1.29 is 9.53 Å². The number of carbonyl (C=O) groups is 1. The Bertz CT molecular complexity index is 631. The average Bonchev–Trinajstić information content (AvgIpc) is 3.22. The summed E-state index contributed by atoms with van der Waals surface area (Å²) >= 11 is 0. The fourth-order valence-corrected chi connectivity index (χ4v) is 3.64. The number of hydrogen-bond acceptors (Lipinski definition) is 4. The van der Waals surface area contributed by atoms with Gasteiger partial charge >= 0.3 is 0 Å². The zero-order chi connectivity index (χ0) is 19.7. The van der Waals surface area contributed by atoms with Gasteiger partial charge in [0.15, 0.2) is 0 Å². The van der Waals surface area contributed by atoms with Crippen LogP contribution in [0, 0.1) is 0 Å². The summed E-state index contributed by atoms with van der Waals surface area (Å²) in [6, 6.07) is 0. The summed E-state index contributed by atoms with van der Waals surface area (Å²) in [6.45, 7) is 16.4. The van der Waals surface area contributed by atoms with Crippen molar-refractivity contribution >= 4 is 5.91 Å². The van der Waals surface area contributed by atoms with Gasteiger partial charge in [-0.25, -0.2) is 4.98 Å². The van der Waals surface area contributed by atoms with E-state index in [0.717, 1.165) is 44.7 Å². The highest BCUT2D eigenvalue weighted by atomic mass is 16.5. The molecule has 3 rings (SSSR count). The van der Waals surface area contributed by atoms with Crippen molar-refractivity contribution in [2.75, 3.05) is 32.8 Å². The first-order valence-corrected chi connectivity index (χ1v) is 9.54. The predicted molar refractivity (Wildman–Crippen MR) is 108 cm³/mol. The second-order valence-corrected chi connectivity index (χ2v) is 6.92. The zero-order valence-corrected chi connectivity index (χ0v) is 16.5. The first kappa shape index (κ1) is 21.1. The third-order valence-corrected chi connectivity index (χ3v) is 5.35. The van der Waals surface area contributed by atoms with Crippen LogP contribution in [0.4, 0.5) is 0 Å². The maximum Gasteiger partial charge on any atom is 0.249 e. The summed E-state index contributed by atoms with van der Waals surface area (Å²) in [6.07, 6.45) is 10.5. The van der Waals surface area contributed by atoms with Gasteiger partial charge in [-0.2, -0.15) is 0 Å². The number of carbonyl (C=O) groups excluding carboxylic acids is 1. The zero-order valence-electron chi connectivity index (χ0n) is 16.5. The number of morpholine rings is 1. The van der Waals surface area contributed by atoms with E-state index in [9.17, 15) is 4.79 Å². The van der Waals surface area contributed by atoms with E-state index < -0.39 is 0 Å². The van der Waals surface area contributed by atoms with Crippen LogP contribution in [0.3, 0.4) is 0 Å². The number of amides is 1. The minimum Gasteiger partial charge on any atom is -0.363 e. The van der Waals surface area contributed by atoms with Gasteiger partial charge in [0.2, 0.25) is 5.91 Å². The highest BCUT2D eigenvalue weighted by molar-refractivity contribution is 5.78. The first-order chi connectivity index (χ1) is 13.1. The second kappa shape index (κ2) is 10.2. The molecule has 0 radical (unpaired) electrons. The summed E-state index contributed by atoms with van der Waals surface area (Å²) in [5.74, 6) is 0.874. The largest absolute Gasteiger partial charge is 0.363 e. The molecule has 0 saturated carbocycles. The van der Waals surface area contributed by atoms with Gasteiger partial charge in [-0.05, 0) is 26.2 Å². The molecule has 0 atom stereocenters. The van der Waals surface area contributed by atoms with Crippen LogP contribution in [0.25, 0.3) is 0 Å². The Hall–Kier alpha value is -2.18. The lowest BCUT2D eigenvalue weighted by Gasteiger charge is -2.47. The first-order valence-electron chi connectivity index (χ1n) is 9.54. The van der Waals surface area contributed by atoms with Crippen molar-refractivity contribution in [3.05, 3.63) is 55.7 Å². The van der Waals surface area contributed by atoms with E-state index >= 15 is 0 Å².